The Morgan fingerprint density at radius 2 is 0.674 bits per heavy atom. The van der Waals surface area contributed by atoms with E-state index in [1.54, 1.807) is 0 Å². The lowest BCUT2D eigenvalue weighted by molar-refractivity contribution is 0.255. The highest BCUT2D eigenvalue weighted by atomic mass is 79.9. The van der Waals surface area contributed by atoms with E-state index in [1.165, 1.54) is 0 Å². The van der Waals surface area contributed by atoms with Crippen molar-refractivity contribution >= 4 is 54.8 Å². The van der Waals surface area contributed by atoms with Gasteiger partial charge in [-0.3, -0.25) is 9.05 Å². The lowest BCUT2D eigenvalue weighted by Gasteiger charge is -2.32. The smallest absolute Gasteiger partial charge is 0.403 e. The first-order chi connectivity index (χ1) is 22.2. The van der Waals surface area contributed by atoms with E-state index >= 15 is 0 Å². The molecule has 4 aromatic rings. The van der Waals surface area contributed by atoms with Crippen LogP contribution in [-0.4, -0.2) is 26.4 Å². The minimum absolute atomic E-state index is 0.268. The second kappa shape index (κ2) is 15.9. The van der Waals surface area contributed by atoms with Crippen LogP contribution < -0.4 is 9.05 Å². The molecule has 1 aliphatic heterocycles. The Labute approximate surface area is 288 Å². The molecule has 46 heavy (non-hydrogen) atoms. The summed E-state index contributed by atoms with van der Waals surface area (Å²) in [5.74, 6) is 1.05. The van der Waals surface area contributed by atoms with Crippen molar-refractivity contribution in [1.29, 1.82) is 0 Å². The maximum atomic E-state index is 6.59. The van der Waals surface area contributed by atoms with Crippen molar-refractivity contribution in [3.8, 4) is 33.8 Å². The first kappa shape index (κ1) is 35.3. The third-order valence-corrected chi connectivity index (χ3v) is 16.1. The monoisotopic (exact) mass is 809 g/mol. The van der Waals surface area contributed by atoms with Gasteiger partial charge in [0.2, 0.25) is 0 Å². The van der Waals surface area contributed by atoms with Gasteiger partial charge in [0, 0.05) is 8.95 Å². The molecule has 0 saturated heterocycles. The second-order valence-corrected chi connectivity index (χ2v) is 18.0. The van der Waals surface area contributed by atoms with E-state index in [9.17, 15) is 0 Å². The van der Waals surface area contributed by atoms with Gasteiger partial charge in [-0.15, -0.1) is 13.5 Å². The van der Waals surface area contributed by atoms with Gasteiger partial charge < -0.3 is 18.1 Å². The number of nitrogens with zero attached hydrogens (tertiary/aromatic N) is 3. The fourth-order valence-corrected chi connectivity index (χ4v) is 14.4. The molecule has 5 rings (SSSR count). The van der Waals surface area contributed by atoms with Crippen LogP contribution in [0.25, 0.3) is 22.3 Å². The van der Waals surface area contributed by atoms with E-state index in [4.69, 9.17) is 40.7 Å². The molecule has 0 N–H and O–H groups in total. The van der Waals surface area contributed by atoms with Gasteiger partial charge in [0.15, 0.2) is 0 Å². The van der Waals surface area contributed by atoms with Crippen LogP contribution in [0, 0.1) is 0 Å². The molecule has 0 spiro atoms. The zero-order valence-electron chi connectivity index (χ0n) is 26.0. The first-order valence-electron chi connectivity index (χ1n) is 14.9. The van der Waals surface area contributed by atoms with Crippen LogP contribution >= 0.6 is 54.8 Å². The zero-order valence-corrected chi connectivity index (χ0v) is 31.8. The van der Waals surface area contributed by atoms with Crippen LogP contribution in [-0.2, 0) is 18.1 Å². The molecule has 1 heterocycles. The summed E-state index contributed by atoms with van der Waals surface area (Å²) in [6.07, 6.45) is 0. The Morgan fingerprint density at radius 3 is 1.00 bits per heavy atom. The number of hydrogen-bond donors (Lipinski definition) is 0. The first-order valence-corrected chi connectivity index (χ1v) is 21.0. The molecule has 1 aliphatic rings. The molecule has 2 atom stereocenters. The summed E-state index contributed by atoms with van der Waals surface area (Å²) in [6.45, 7) is 8.58. The molecule has 244 valence electrons. The van der Waals surface area contributed by atoms with Gasteiger partial charge in [0.25, 0.3) is 0 Å². The van der Waals surface area contributed by atoms with E-state index in [0.29, 0.717) is 24.7 Å². The van der Waals surface area contributed by atoms with Gasteiger partial charge in [-0.25, -0.2) is 0 Å². The molecular formula is C32H36Br2N3O6P3. The standard InChI is InChI=1S/C32H36Br2N3O6P3/c1-5-38-44(39-6-2)35-45(40-7-3,42-31-21-13-27(14-22-31)25-9-17-29(33)18-10-25)37-46(36-44,41-8-4)43-32-23-15-28(16-24-32)26-11-19-30(34)20-12-26/h9-24H,5-8H2,1-4H3. The fourth-order valence-electron chi connectivity index (χ4n) is 4.50. The van der Waals surface area contributed by atoms with Crippen molar-refractivity contribution in [1.82, 2.24) is 0 Å². The Kier molecular flexibility index (Phi) is 12.2. The third-order valence-electron chi connectivity index (χ3n) is 6.38. The molecule has 4 aromatic carbocycles. The van der Waals surface area contributed by atoms with Crippen molar-refractivity contribution in [3.63, 3.8) is 0 Å². The average molecular weight is 811 g/mol. The minimum Gasteiger partial charge on any atom is -0.422 e. The van der Waals surface area contributed by atoms with Crippen LogP contribution in [0.1, 0.15) is 27.7 Å². The average Bonchev–Trinajstić information content (AvgIpc) is 3.03. The number of hydrogen-bond acceptors (Lipinski definition) is 9. The topological polar surface area (TPSA) is 92.5 Å². The highest BCUT2D eigenvalue weighted by Gasteiger charge is 2.44. The number of rotatable bonds is 14. The molecule has 9 nitrogen and oxygen atoms in total. The fraction of sp³-hybridized carbons (Fsp3) is 0.250. The Balaban J connectivity index is 1.58. The van der Waals surface area contributed by atoms with Crippen LogP contribution in [0.5, 0.6) is 11.5 Å². The predicted molar refractivity (Wildman–Crippen MR) is 195 cm³/mol. The van der Waals surface area contributed by atoms with Crippen LogP contribution in [0.2, 0.25) is 0 Å². The van der Waals surface area contributed by atoms with Crippen LogP contribution in [0.3, 0.4) is 0 Å². The lowest BCUT2D eigenvalue weighted by Crippen LogP contribution is -2.07. The highest BCUT2D eigenvalue weighted by molar-refractivity contribution is 9.10. The Morgan fingerprint density at radius 1 is 0.413 bits per heavy atom. The summed E-state index contributed by atoms with van der Waals surface area (Å²) < 4.78 is 55.1. The van der Waals surface area contributed by atoms with Crippen molar-refractivity contribution in [2.45, 2.75) is 27.7 Å². The summed E-state index contributed by atoms with van der Waals surface area (Å²) in [6, 6.07) is 31.7. The summed E-state index contributed by atoms with van der Waals surface area (Å²) in [4.78, 5) is 0. The summed E-state index contributed by atoms with van der Waals surface area (Å²) in [5.41, 5.74) is 4.22. The third kappa shape index (κ3) is 8.70. The van der Waals surface area contributed by atoms with Crippen molar-refractivity contribution in [2.24, 2.45) is 13.5 Å². The zero-order chi connectivity index (χ0) is 32.6. The summed E-state index contributed by atoms with van der Waals surface area (Å²) in [5, 5.41) is 0. The molecule has 0 amide bonds. The van der Waals surface area contributed by atoms with E-state index in [-0.39, 0.29) is 13.2 Å². The molecule has 0 aromatic heterocycles. The van der Waals surface area contributed by atoms with Gasteiger partial charge >= 0.3 is 23.0 Å². The van der Waals surface area contributed by atoms with Gasteiger partial charge in [-0.05, 0) is 98.5 Å². The van der Waals surface area contributed by atoms with E-state index < -0.39 is 23.0 Å². The normalized spacial score (nSPS) is 20.2. The van der Waals surface area contributed by atoms with E-state index in [0.717, 1.165) is 31.2 Å². The molecular weight excluding hydrogens is 775 g/mol. The van der Waals surface area contributed by atoms with Gasteiger partial charge in [0.05, 0.1) is 26.4 Å². The number of benzene rings is 4. The lowest BCUT2D eigenvalue weighted by atomic mass is 10.1. The second-order valence-electron chi connectivity index (χ2n) is 9.66. The molecule has 0 radical (unpaired) electrons. The quantitative estimate of drug-likeness (QED) is 0.118. The molecule has 14 heteroatoms. The van der Waals surface area contributed by atoms with Crippen molar-refractivity contribution in [2.75, 3.05) is 26.4 Å². The number of halogens is 2. The van der Waals surface area contributed by atoms with Crippen LogP contribution in [0.4, 0.5) is 0 Å². The predicted octanol–water partition coefficient (Wildman–Crippen LogP) is 13.0. The minimum atomic E-state index is -3.49. The van der Waals surface area contributed by atoms with E-state index in [1.807, 2.05) is 100 Å². The summed E-state index contributed by atoms with van der Waals surface area (Å²) >= 11 is 6.99. The maximum Gasteiger partial charge on any atom is 0.403 e. The van der Waals surface area contributed by atoms with Crippen LogP contribution in [0.15, 0.2) is 120 Å². The van der Waals surface area contributed by atoms with E-state index in [2.05, 4.69) is 56.1 Å². The maximum absolute atomic E-state index is 6.59. The summed E-state index contributed by atoms with van der Waals surface area (Å²) in [7, 11) is -10.3. The Bertz CT molecular complexity index is 1680. The highest BCUT2D eigenvalue weighted by Crippen LogP contribution is 2.79. The molecule has 0 fully saturated rings. The van der Waals surface area contributed by atoms with Gasteiger partial charge in [-0.2, -0.15) is 0 Å². The van der Waals surface area contributed by atoms with Crippen molar-refractivity contribution < 1.29 is 27.1 Å². The molecule has 0 bridgehead atoms. The molecule has 2 unspecified atom stereocenters. The van der Waals surface area contributed by atoms with Gasteiger partial charge in [-0.1, -0.05) is 80.4 Å². The SMILES string of the molecule is CCOP1(OCC)=NP(OCC)(Oc2ccc(-c3ccc(Br)cc3)cc2)=NP(OCC)(Oc2ccc(-c3ccc(Br)cc3)cc2)=N1. The Hall–Kier alpha value is -2.03. The largest absolute Gasteiger partial charge is 0.422 e. The van der Waals surface area contributed by atoms with Crippen molar-refractivity contribution in [3.05, 3.63) is 106 Å². The molecule has 0 aliphatic carbocycles. The molecule has 0 saturated carbocycles. The van der Waals surface area contributed by atoms with Gasteiger partial charge in [0.1, 0.15) is 11.5 Å².